The van der Waals surface area contributed by atoms with E-state index in [1.165, 1.54) is 0 Å². The molecule has 0 aliphatic carbocycles. The van der Waals surface area contributed by atoms with E-state index < -0.39 is 6.04 Å². The Labute approximate surface area is 96.8 Å². The van der Waals surface area contributed by atoms with Gasteiger partial charge in [0.25, 0.3) is 0 Å². The third-order valence-corrected chi connectivity index (χ3v) is 2.17. The molecule has 0 radical (unpaired) electrons. The van der Waals surface area contributed by atoms with Crippen LogP contribution in [-0.2, 0) is 4.79 Å². The highest BCUT2D eigenvalue weighted by Crippen LogP contribution is 1.83. The Morgan fingerprint density at radius 3 is 2.50 bits per heavy atom. The summed E-state index contributed by atoms with van der Waals surface area (Å²) in [5.41, 5.74) is 10.7. The fourth-order valence-electron chi connectivity index (χ4n) is 1.16. The zero-order valence-corrected chi connectivity index (χ0v) is 9.74. The molecule has 0 aromatic heterocycles. The van der Waals surface area contributed by atoms with Gasteiger partial charge in [0.2, 0.25) is 5.91 Å². The SMILES string of the molecule is NCCCCNCCCNC(=O)[C@@H](N)CO. The number of rotatable bonds is 10. The number of hydrogen-bond acceptors (Lipinski definition) is 5. The van der Waals surface area contributed by atoms with E-state index >= 15 is 0 Å². The van der Waals surface area contributed by atoms with Crippen molar-refractivity contribution in [2.24, 2.45) is 11.5 Å². The van der Waals surface area contributed by atoms with E-state index in [9.17, 15) is 4.79 Å². The first-order valence-corrected chi connectivity index (χ1v) is 5.77. The molecular formula is C10H24N4O2. The highest BCUT2D eigenvalue weighted by atomic mass is 16.3. The fourth-order valence-corrected chi connectivity index (χ4v) is 1.16. The van der Waals surface area contributed by atoms with Crippen molar-refractivity contribution in [1.82, 2.24) is 10.6 Å². The van der Waals surface area contributed by atoms with Gasteiger partial charge in [0.1, 0.15) is 6.04 Å². The largest absolute Gasteiger partial charge is 0.394 e. The summed E-state index contributed by atoms with van der Waals surface area (Å²) in [6.45, 7) is 2.82. The third kappa shape index (κ3) is 8.60. The minimum atomic E-state index is -0.808. The van der Waals surface area contributed by atoms with Crippen molar-refractivity contribution in [3.8, 4) is 0 Å². The number of nitrogens with two attached hydrogens (primary N) is 2. The highest BCUT2D eigenvalue weighted by Gasteiger charge is 2.09. The maximum absolute atomic E-state index is 11.1. The third-order valence-electron chi connectivity index (χ3n) is 2.17. The molecule has 0 aliphatic rings. The Hall–Kier alpha value is -0.690. The smallest absolute Gasteiger partial charge is 0.239 e. The molecule has 6 heteroatoms. The molecule has 1 atom stereocenters. The summed E-state index contributed by atoms with van der Waals surface area (Å²) in [4.78, 5) is 11.1. The molecule has 7 N–H and O–H groups in total. The maximum Gasteiger partial charge on any atom is 0.239 e. The summed E-state index contributed by atoms with van der Waals surface area (Å²) >= 11 is 0. The van der Waals surface area contributed by atoms with Crippen LogP contribution in [0.3, 0.4) is 0 Å². The van der Waals surface area contributed by atoms with Gasteiger partial charge in [-0.1, -0.05) is 0 Å². The van der Waals surface area contributed by atoms with Crippen molar-refractivity contribution in [2.75, 3.05) is 32.8 Å². The van der Waals surface area contributed by atoms with E-state index in [4.69, 9.17) is 16.6 Å². The number of hydrogen-bond donors (Lipinski definition) is 5. The first-order valence-electron chi connectivity index (χ1n) is 5.77. The predicted molar refractivity (Wildman–Crippen MR) is 63.8 cm³/mol. The van der Waals surface area contributed by atoms with Gasteiger partial charge in [0.15, 0.2) is 0 Å². The van der Waals surface area contributed by atoms with Crippen molar-refractivity contribution in [1.29, 1.82) is 0 Å². The van der Waals surface area contributed by atoms with Crippen LogP contribution in [0.1, 0.15) is 19.3 Å². The zero-order valence-electron chi connectivity index (χ0n) is 9.74. The molecule has 0 spiro atoms. The van der Waals surface area contributed by atoms with Crippen molar-refractivity contribution in [2.45, 2.75) is 25.3 Å². The van der Waals surface area contributed by atoms with Gasteiger partial charge < -0.3 is 27.2 Å². The minimum Gasteiger partial charge on any atom is -0.394 e. The molecule has 0 heterocycles. The van der Waals surface area contributed by atoms with Crippen molar-refractivity contribution in [3.05, 3.63) is 0 Å². The van der Waals surface area contributed by atoms with E-state index in [-0.39, 0.29) is 12.5 Å². The molecule has 0 fully saturated rings. The van der Waals surface area contributed by atoms with E-state index in [1.807, 2.05) is 0 Å². The summed E-state index contributed by atoms with van der Waals surface area (Å²) in [5.74, 6) is -0.300. The Bertz CT molecular complexity index is 178. The first kappa shape index (κ1) is 15.3. The normalized spacial score (nSPS) is 12.4. The molecule has 0 aromatic carbocycles. The molecule has 0 saturated heterocycles. The van der Waals surface area contributed by atoms with Crippen molar-refractivity contribution >= 4 is 5.91 Å². The quantitative estimate of drug-likeness (QED) is 0.283. The lowest BCUT2D eigenvalue weighted by atomic mass is 10.3. The number of aliphatic hydroxyl groups is 1. The van der Waals surface area contributed by atoms with Crippen LogP contribution in [0.2, 0.25) is 0 Å². The molecule has 96 valence electrons. The van der Waals surface area contributed by atoms with Crippen molar-refractivity contribution in [3.63, 3.8) is 0 Å². The van der Waals surface area contributed by atoms with Gasteiger partial charge in [0, 0.05) is 6.54 Å². The number of nitrogens with one attached hydrogen (secondary N) is 2. The van der Waals surface area contributed by atoms with Crippen LogP contribution in [0, 0.1) is 0 Å². The summed E-state index contributed by atoms with van der Waals surface area (Å²) in [7, 11) is 0. The number of aliphatic hydroxyl groups excluding tert-OH is 1. The lowest BCUT2D eigenvalue weighted by Gasteiger charge is -2.09. The van der Waals surface area contributed by atoms with Gasteiger partial charge >= 0.3 is 0 Å². The lowest BCUT2D eigenvalue weighted by Crippen LogP contribution is -2.43. The zero-order chi connectivity index (χ0) is 12.2. The molecule has 0 saturated carbocycles. The number of amides is 1. The van der Waals surface area contributed by atoms with Crippen LogP contribution in [0.5, 0.6) is 0 Å². The standard InChI is InChI=1S/C10H24N4O2/c11-4-1-2-5-13-6-3-7-14-10(16)9(12)8-15/h9,13,15H,1-8,11-12H2,(H,14,16)/t9-/m0/s1. The van der Waals surface area contributed by atoms with E-state index in [1.54, 1.807) is 0 Å². The van der Waals surface area contributed by atoms with Crippen LogP contribution >= 0.6 is 0 Å². The van der Waals surface area contributed by atoms with Crippen LogP contribution in [-0.4, -0.2) is 49.8 Å². The van der Waals surface area contributed by atoms with Crippen LogP contribution in [0.4, 0.5) is 0 Å². The average molecular weight is 232 g/mol. The van der Waals surface area contributed by atoms with Crippen molar-refractivity contribution < 1.29 is 9.90 Å². The molecule has 16 heavy (non-hydrogen) atoms. The molecule has 0 bridgehead atoms. The average Bonchev–Trinajstić information content (AvgIpc) is 2.31. The second-order valence-electron chi connectivity index (χ2n) is 3.68. The second-order valence-corrected chi connectivity index (χ2v) is 3.68. The molecule has 0 aromatic rings. The predicted octanol–water partition coefficient (Wildman–Crippen LogP) is -1.86. The maximum atomic E-state index is 11.1. The highest BCUT2D eigenvalue weighted by molar-refractivity contribution is 5.81. The van der Waals surface area contributed by atoms with E-state index in [0.717, 1.165) is 38.9 Å². The summed E-state index contributed by atoms with van der Waals surface area (Å²) in [6.07, 6.45) is 2.97. The topological polar surface area (TPSA) is 113 Å². The van der Waals surface area contributed by atoms with Gasteiger partial charge in [-0.3, -0.25) is 4.79 Å². The van der Waals surface area contributed by atoms with Gasteiger partial charge in [-0.25, -0.2) is 0 Å². The molecule has 6 nitrogen and oxygen atoms in total. The summed E-state index contributed by atoms with van der Waals surface area (Å²) in [5, 5.41) is 14.5. The van der Waals surface area contributed by atoms with Gasteiger partial charge in [0.05, 0.1) is 6.61 Å². The summed E-state index contributed by atoms with van der Waals surface area (Å²) < 4.78 is 0. The lowest BCUT2D eigenvalue weighted by molar-refractivity contribution is -0.123. The van der Waals surface area contributed by atoms with Crippen LogP contribution in [0.15, 0.2) is 0 Å². The molecule has 0 unspecified atom stereocenters. The van der Waals surface area contributed by atoms with Gasteiger partial charge in [-0.15, -0.1) is 0 Å². The monoisotopic (exact) mass is 232 g/mol. The van der Waals surface area contributed by atoms with Gasteiger partial charge in [-0.05, 0) is 38.9 Å². The van der Waals surface area contributed by atoms with E-state index in [0.29, 0.717) is 6.54 Å². The Morgan fingerprint density at radius 2 is 1.88 bits per heavy atom. The number of carbonyl (C=O) groups is 1. The number of unbranched alkanes of at least 4 members (excludes halogenated alkanes) is 1. The van der Waals surface area contributed by atoms with E-state index in [2.05, 4.69) is 10.6 Å². The number of carbonyl (C=O) groups excluding carboxylic acids is 1. The molecular weight excluding hydrogens is 208 g/mol. The van der Waals surface area contributed by atoms with Crippen LogP contribution in [0.25, 0.3) is 0 Å². The summed E-state index contributed by atoms with van der Waals surface area (Å²) in [6, 6.07) is -0.808. The Kier molecular flexibility index (Phi) is 10.3. The Balaban J connectivity index is 3.18. The minimum absolute atomic E-state index is 0.300. The molecule has 0 rings (SSSR count). The molecule has 0 aliphatic heterocycles. The second kappa shape index (κ2) is 10.8. The molecule has 1 amide bonds. The first-order chi connectivity index (χ1) is 7.72. The van der Waals surface area contributed by atoms with Crippen LogP contribution < -0.4 is 22.1 Å². The Morgan fingerprint density at radius 1 is 1.19 bits per heavy atom. The van der Waals surface area contributed by atoms with Gasteiger partial charge in [-0.2, -0.15) is 0 Å². The fraction of sp³-hybridized carbons (Fsp3) is 0.900.